The third-order valence-electron chi connectivity index (χ3n) is 2.15. The molecule has 0 aliphatic heterocycles. The van der Waals surface area contributed by atoms with Crippen LogP contribution < -0.4 is 4.74 Å². The van der Waals surface area contributed by atoms with Crippen molar-refractivity contribution in [2.45, 2.75) is 6.42 Å². The standard InChI is InChI=1S/C13H11ClO3/c14-10-3-1-4-12(7-10)17-9-11(15)8-13-5-2-6-16-13/h1-7H,8-9H2. The number of furan rings is 1. The van der Waals surface area contributed by atoms with Crippen LogP contribution in [-0.4, -0.2) is 12.4 Å². The van der Waals surface area contributed by atoms with Gasteiger partial charge in [-0.3, -0.25) is 4.79 Å². The molecule has 0 saturated carbocycles. The van der Waals surface area contributed by atoms with Gasteiger partial charge < -0.3 is 9.15 Å². The van der Waals surface area contributed by atoms with Gasteiger partial charge in [0.25, 0.3) is 0 Å². The molecule has 0 fully saturated rings. The van der Waals surface area contributed by atoms with Crippen molar-refractivity contribution in [1.82, 2.24) is 0 Å². The van der Waals surface area contributed by atoms with Crippen molar-refractivity contribution in [3.8, 4) is 5.75 Å². The fourth-order valence-corrected chi connectivity index (χ4v) is 1.56. The Balaban J connectivity index is 1.84. The molecule has 0 spiro atoms. The number of carbonyl (C=O) groups is 1. The highest BCUT2D eigenvalue weighted by molar-refractivity contribution is 6.30. The van der Waals surface area contributed by atoms with Crippen LogP contribution in [0.1, 0.15) is 5.76 Å². The quantitative estimate of drug-likeness (QED) is 0.819. The highest BCUT2D eigenvalue weighted by atomic mass is 35.5. The maximum atomic E-state index is 11.6. The van der Waals surface area contributed by atoms with E-state index in [-0.39, 0.29) is 18.8 Å². The zero-order chi connectivity index (χ0) is 12.1. The fourth-order valence-electron chi connectivity index (χ4n) is 1.38. The molecule has 0 atom stereocenters. The first-order chi connectivity index (χ1) is 8.24. The number of hydrogen-bond donors (Lipinski definition) is 0. The van der Waals surface area contributed by atoms with Gasteiger partial charge in [0.2, 0.25) is 0 Å². The van der Waals surface area contributed by atoms with Gasteiger partial charge in [-0.15, -0.1) is 0 Å². The molecule has 88 valence electrons. The lowest BCUT2D eigenvalue weighted by Crippen LogP contribution is -2.13. The van der Waals surface area contributed by atoms with E-state index in [1.165, 1.54) is 0 Å². The summed E-state index contributed by atoms with van der Waals surface area (Å²) in [4.78, 5) is 11.6. The van der Waals surface area contributed by atoms with Crippen molar-refractivity contribution in [3.05, 3.63) is 53.4 Å². The van der Waals surface area contributed by atoms with E-state index < -0.39 is 0 Å². The van der Waals surface area contributed by atoms with E-state index in [0.29, 0.717) is 16.5 Å². The predicted molar refractivity (Wildman–Crippen MR) is 64.4 cm³/mol. The van der Waals surface area contributed by atoms with Crippen molar-refractivity contribution >= 4 is 17.4 Å². The molecule has 4 heteroatoms. The second-order valence-electron chi connectivity index (χ2n) is 3.54. The average Bonchev–Trinajstić information content (AvgIpc) is 2.79. The van der Waals surface area contributed by atoms with Gasteiger partial charge in [0.05, 0.1) is 12.7 Å². The van der Waals surface area contributed by atoms with Crippen LogP contribution in [0.3, 0.4) is 0 Å². The number of carbonyl (C=O) groups excluding carboxylic acids is 1. The number of halogens is 1. The third-order valence-corrected chi connectivity index (χ3v) is 2.38. The number of ketones is 1. The van der Waals surface area contributed by atoms with Gasteiger partial charge in [-0.05, 0) is 30.3 Å². The molecule has 2 rings (SSSR count). The lowest BCUT2D eigenvalue weighted by molar-refractivity contribution is -0.120. The number of Topliss-reactive ketones (excluding diaryl/α,β-unsaturated/α-hetero) is 1. The molecule has 0 unspecified atom stereocenters. The summed E-state index contributed by atoms with van der Waals surface area (Å²) >= 11 is 5.80. The predicted octanol–water partition coefficient (Wildman–Crippen LogP) is 3.12. The number of hydrogen-bond acceptors (Lipinski definition) is 3. The summed E-state index contributed by atoms with van der Waals surface area (Å²) in [7, 11) is 0. The van der Waals surface area contributed by atoms with E-state index in [1.54, 1.807) is 42.7 Å². The molecule has 1 aromatic heterocycles. The Labute approximate surface area is 104 Å². The van der Waals surface area contributed by atoms with E-state index in [1.807, 2.05) is 0 Å². The maximum Gasteiger partial charge on any atom is 0.177 e. The minimum atomic E-state index is -0.0417. The van der Waals surface area contributed by atoms with Crippen LogP contribution in [0.25, 0.3) is 0 Å². The molecule has 1 aromatic carbocycles. The van der Waals surface area contributed by atoms with Crippen LogP contribution in [0.5, 0.6) is 5.75 Å². The molecular formula is C13H11ClO3. The first-order valence-corrected chi connectivity index (χ1v) is 5.54. The van der Waals surface area contributed by atoms with Gasteiger partial charge >= 0.3 is 0 Å². The molecule has 0 radical (unpaired) electrons. The van der Waals surface area contributed by atoms with Gasteiger partial charge in [-0.1, -0.05) is 17.7 Å². The first-order valence-electron chi connectivity index (χ1n) is 5.16. The second-order valence-corrected chi connectivity index (χ2v) is 3.98. The zero-order valence-electron chi connectivity index (χ0n) is 9.06. The van der Waals surface area contributed by atoms with Crippen molar-refractivity contribution < 1.29 is 13.9 Å². The summed E-state index contributed by atoms with van der Waals surface area (Å²) in [5, 5.41) is 0.584. The molecule has 0 N–H and O–H groups in total. The molecule has 0 amide bonds. The number of ether oxygens (including phenoxy) is 1. The van der Waals surface area contributed by atoms with Crippen molar-refractivity contribution in [2.24, 2.45) is 0 Å². The molecule has 2 aromatic rings. The third kappa shape index (κ3) is 3.64. The van der Waals surface area contributed by atoms with Crippen LogP contribution in [0, 0.1) is 0 Å². The lowest BCUT2D eigenvalue weighted by Gasteiger charge is -2.04. The van der Waals surface area contributed by atoms with E-state index in [9.17, 15) is 4.79 Å². The largest absolute Gasteiger partial charge is 0.486 e. The Kier molecular flexibility index (Phi) is 3.83. The lowest BCUT2D eigenvalue weighted by atomic mass is 10.2. The molecule has 0 saturated heterocycles. The van der Waals surface area contributed by atoms with Crippen LogP contribution in [0.15, 0.2) is 47.1 Å². The monoisotopic (exact) mass is 250 g/mol. The molecule has 1 heterocycles. The molecule has 0 aliphatic rings. The molecule has 3 nitrogen and oxygen atoms in total. The Bertz CT molecular complexity index is 491. The number of rotatable bonds is 5. The topological polar surface area (TPSA) is 39.4 Å². The fraction of sp³-hybridized carbons (Fsp3) is 0.154. The van der Waals surface area contributed by atoms with Crippen LogP contribution in [0.4, 0.5) is 0 Å². The van der Waals surface area contributed by atoms with E-state index in [2.05, 4.69) is 0 Å². The Morgan fingerprint density at radius 2 is 2.18 bits per heavy atom. The highest BCUT2D eigenvalue weighted by Gasteiger charge is 2.06. The van der Waals surface area contributed by atoms with Crippen molar-refractivity contribution in [1.29, 1.82) is 0 Å². The average molecular weight is 251 g/mol. The van der Waals surface area contributed by atoms with Gasteiger partial charge in [-0.25, -0.2) is 0 Å². The van der Waals surface area contributed by atoms with Gasteiger partial charge in [-0.2, -0.15) is 0 Å². The summed E-state index contributed by atoms with van der Waals surface area (Å²) < 4.78 is 10.4. The van der Waals surface area contributed by atoms with Gasteiger partial charge in [0, 0.05) is 5.02 Å². The maximum absolute atomic E-state index is 11.6. The smallest absolute Gasteiger partial charge is 0.177 e. The minimum absolute atomic E-state index is 0.0149. The molecule has 0 aliphatic carbocycles. The molecule has 0 bridgehead atoms. The minimum Gasteiger partial charge on any atom is -0.486 e. The van der Waals surface area contributed by atoms with E-state index in [4.69, 9.17) is 20.8 Å². The van der Waals surface area contributed by atoms with Gasteiger partial charge in [0.15, 0.2) is 5.78 Å². The Hall–Kier alpha value is -1.74. The Morgan fingerprint density at radius 1 is 1.29 bits per heavy atom. The summed E-state index contributed by atoms with van der Waals surface area (Å²) in [5.74, 6) is 1.19. The summed E-state index contributed by atoms with van der Waals surface area (Å²) in [5.41, 5.74) is 0. The van der Waals surface area contributed by atoms with Crippen LogP contribution >= 0.6 is 11.6 Å². The van der Waals surface area contributed by atoms with E-state index in [0.717, 1.165) is 0 Å². The summed E-state index contributed by atoms with van der Waals surface area (Å²) in [6.45, 7) is 0.0149. The van der Waals surface area contributed by atoms with Crippen molar-refractivity contribution in [2.75, 3.05) is 6.61 Å². The molecular weight excluding hydrogens is 240 g/mol. The Morgan fingerprint density at radius 3 is 2.88 bits per heavy atom. The SMILES string of the molecule is O=C(COc1cccc(Cl)c1)Cc1ccco1. The highest BCUT2D eigenvalue weighted by Crippen LogP contribution is 2.17. The normalized spacial score (nSPS) is 10.2. The summed E-state index contributed by atoms with van der Waals surface area (Å²) in [6, 6.07) is 10.5. The van der Waals surface area contributed by atoms with Crippen LogP contribution in [-0.2, 0) is 11.2 Å². The van der Waals surface area contributed by atoms with Crippen molar-refractivity contribution in [3.63, 3.8) is 0 Å². The van der Waals surface area contributed by atoms with Gasteiger partial charge in [0.1, 0.15) is 18.1 Å². The second kappa shape index (κ2) is 5.55. The van der Waals surface area contributed by atoms with E-state index >= 15 is 0 Å². The van der Waals surface area contributed by atoms with Crippen LogP contribution in [0.2, 0.25) is 5.02 Å². The zero-order valence-corrected chi connectivity index (χ0v) is 9.81. The number of benzene rings is 1. The molecule has 17 heavy (non-hydrogen) atoms. The summed E-state index contributed by atoms with van der Waals surface area (Å²) in [6.07, 6.45) is 1.79. The first kappa shape index (κ1) is 11.7.